The van der Waals surface area contributed by atoms with Gasteiger partial charge >= 0.3 is 0 Å². The molecule has 0 atom stereocenters. The van der Waals surface area contributed by atoms with Crippen molar-refractivity contribution in [2.45, 2.75) is 39.5 Å². The van der Waals surface area contributed by atoms with E-state index < -0.39 is 0 Å². The molecular weight excluding hydrogens is 955 g/mol. The molecule has 0 bridgehead atoms. The molecule has 17 rings (SSSR count). The van der Waals surface area contributed by atoms with Crippen LogP contribution in [0.15, 0.2) is 221 Å². The van der Waals surface area contributed by atoms with Crippen LogP contribution in [0.5, 0.6) is 0 Å². The number of pyridine rings is 1. The molecule has 0 N–H and O–H groups in total. The molecule has 0 amide bonds. The fourth-order valence-electron chi connectivity index (χ4n) is 13.2. The number of hydrogen-bond acceptors (Lipinski definition) is 5. The van der Waals surface area contributed by atoms with E-state index in [9.17, 15) is 0 Å². The van der Waals surface area contributed by atoms with Gasteiger partial charge in [0.15, 0.2) is 0 Å². The lowest BCUT2D eigenvalue weighted by molar-refractivity contribution is 0.631. The summed E-state index contributed by atoms with van der Waals surface area (Å²) in [6.07, 6.45) is 0. The second kappa shape index (κ2) is 15.9. The molecule has 0 aliphatic rings. The molecule has 370 valence electrons. The van der Waals surface area contributed by atoms with Crippen molar-refractivity contribution in [1.82, 2.24) is 13.8 Å². The van der Waals surface area contributed by atoms with Gasteiger partial charge in [0, 0.05) is 111 Å². The normalized spacial score (nSPS) is 12.6. The van der Waals surface area contributed by atoms with Gasteiger partial charge in [-0.2, -0.15) is 4.98 Å². The minimum Gasteiger partial charge on any atom is -0.438 e. The zero-order valence-electron chi connectivity index (χ0n) is 43.4. The molecule has 7 heteroatoms. The number of nitrogens with zero attached hydrogens (tertiary/aromatic N) is 5. The molecule has 7 aromatic heterocycles. The first-order chi connectivity index (χ1) is 38.3. The average Bonchev–Trinajstić information content (AvgIpc) is 4.46. The van der Waals surface area contributed by atoms with Crippen molar-refractivity contribution in [3.63, 3.8) is 0 Å². The van der Waals surface area contributed by atoms with Gasteiger partial charge in [-0.05, 0) is 126 Å². The van der Waals surface area contributed by atoms with Crippen LogP contribution in [0.1, 0.15) is 50.7 Å². The number of furan rings is 2. The van der Waals surface area contributed by atoms with Crippen LogP contribution in [0.4, 0.5) is 34.1 Å². The van der Waals surface area contributed by atoms with E-state index in [4.69, 9.17) is 13.8 Å². The summed E-state index contributed by atoms with van der Waals surface area (Å²) >= 11 is 0. The summed E-state index contributed by atoms with van der Waals surface area (Å²) in [5, 5.41) is 13.9. The first kappa shape index (κ1) is 43.4. The van der Waals surface area contributed by atoms with Gasteiger partial charge in [-0.25, -0.2) is 0 Å². The van der Waals surface area contributed by atoms with Crippen LogP contribution in [0.2, 0.25) is 0 Å². The maximum atomic E-state index is 6.75. The molecule has 0 unspecified atom stereocenters. The Kier molecular flexibility index (Phi) is 8.82. The summed E-state index contributed by atoms with van der Waals surface area (Å²) in [6, 6.07) is 77.9. The highest BCUT2D eigenvalue weighted by Crippen LogP contribution is 2.47. The summed E-state index contributed by atoms with van der Waals surface area (Å²) in [6.45, 7) is 8.96. The topological polar surface area (TPSA) is 54.5 Å². The molecule has 0 saturated heterocycles. The van der Waals surface area contributed by atoms with Crippen LogP contribution in [0.25, 0.3) is 120 Å². The Hall–Kier alpha value is -9.85. The second-order valence-electron chi connectivity index (χ2n) is 21.9. The summed E-state index contributed by atoms with van der Waals surface area (Å²) in [5.74, 6) is 0.837. The zero-order valence-corrected chi connectivity index (χ0v) is 43.4. The first-order valence-electron chi connectivity index (χ1n) is 27.1. The Morgan fingerprint density at radius 2 is 0.667 bits per heavy atom. The van der Waals surface area contributed by atoms with Crippen molar-refractivity contribution in [3.05, 3.63) is 223 Å². The van der Waals surface area contributed by atoms with E-state index in [1.807, 2.05) is 0 Å². The lowest BCUT2D eigenvalue weighted by Crippen LogP contribution is -2.10. The van der Waals surface area contributed by atoms with Gasteiger partial charge < -0.3 is 27.4 Å². The largest absolute Gasteiger partial charge is 0.438 e. The Morgan fingerprint density at radius 3 is 1.10 bits per heavy atom. The number of aromatic nitrogens is 3. The molecule has 78 heavy (non-hydrogen) atoms. The lowest BCUT2D eigenvalue weighted by atomic mass is 10.0. The van der Waals surface area contributed by atoms with Gasteiger partial charge in [-0.15, -0.1) is 0 Å². The fourth-order valence-corrected chi connectivity index (χ4v) is 13.2. The van der Waals surface area contributed by atoms with Crippen LogP contribution in [-0.2, 0) is 0 Å². The van der Waals surface area contributed by atoms with Gasteiger partial charge in [0.1, 0.15) is 11.2 Å². The van der Waals surface area contributed by atoms with E-state index in [0.717, 1.165) is 66.8 Å². The first-order valence-corrected chi connectivity index (χ1v) is 27.1. The monoisotopic (exact) mass is 1000 g/mol. The van der Waals surface area contributed by atoms with E-state index in [2.05, 4.69) is 259 Å². The minimum atomic E-state index is 0.419. The van der Waals surface area contributed by atoms with Gasteiger partial charge in [0.2, 0.25) is 11.4 Å². The van der Waals surface area contributed by atoms with Crippen molar-refractivity contribution in [2.24, 2.45) is 0 Å². The maximum absolute atomic E-state index is 6.75. The average molecular weight is 1000 g/mol. The third-order valence-electron chi connectivity index (χ3n) is 17.0. The molecule has 0 aliphatic carbocycles. The molecule has 0 fully saturated rings. The van der Waals surface area contributed by atoms with E-state index >= 15 is 0 Å². The molecule has 7 heterocycles. The van der Waals surface area contributed by atoms with Crippen LogP contribution in [0, 0.1) is 0 Å². The number of para-hydroxylation sites is 4. The third-order valence-corrected chi connectivity index (χ3v) is 17.0. The summed E-state index contributed by atoms with van der Waals surface area (Å²) in [7, 11) is 0. The van der Waals surface area contributed by atoms with Crippen LogP contribution >= 0.6 is 0 Å². The lowest BCUT2D eigenvalue weighted by Gasteiger charge is -2.26. The van der Waals surface area contributed by atoms with Crippen LogP contribution in [-0.4, -0.2) is 13.8 Å². The fraction of sp³-hybridized carbons (Fsp3) is 0.0845. The number of anilines is 6. The van der Waals surface area contributed by atoms with E-state index in [0.29, 0.717) is 23.3 Å². The van der Waals surface area contributed by atoms with Crippen molar-refractivity contribution in [1.29, 1.82) is 0 Å². The Labute approximate surface area is 447 Å². The molecule has 0 spiro atoms. The number of benzene rings is 10. The predicted molar refractivity (Wildman–Crippen MR) is 326 cm³/mol. The third kappa shape index (κ3) is 6.01. The van der Waals surface area contributed by atoms with Crippen molar-refractivity contribution < 1.29 is 8.83 Å². The Balaban J connectivity index is 0.782. The van der Waals surface area contributed by atoms with Gasteiger partial charge in [0.25, 0.3) is 0 Å². The number of fused-ring (bicyclic) bond motifs is 18. The zero-order chi connectivity index (χ0) is 51.7. The maximum Gasteiger partial charge on any atom is 0.230 e. The molecule has 10 aromatic carbocycles. The summed E-state index contributed by atoms with van der Waals surface area (Å²) < 4.78 is 18.4. The highest BCUT2D eigenvalue weighted by molar-refractivity contribution is 6.25. The molecule has 0 saturated carbocycles. The van der Waals surface area contributed by atoms with Crippen molar-refractivity contribution >= 4 is 154 Å². The predicted octanol–water partition coefficient (Wildman–Crippen LogP) is 20.4. The van der Waals surface area contributed by atoms with E-state index in [-0.39, 0.29) is 0 Å². The standard InChI is InChI=1S/C71H49N5O2/c1-40(2)42-19-23-44(24-20-42)73(46-29-33-64-58(35-46)56-15-9-13-54-50-11-5-7-17-62(50)75(64)68(54)56)48-27-31-52-60-39-61-53-32-28-49(38-67(53)78-71(61)72-70(60)77-66(52)37-48)74(45-25-21-43(22-26-45)41(3)4)47-30-34-65-59(36-47)57-16-10-14-55-51-12-6-8-18-63(51)76(65)69(55)57/h5-41H,1-4H3. The smallest absolute Gasteiger partial charge is 0.230 e. The Morgan fingerprint density at radius 1 is 0.308 bits per heavy atom. The highest BCUT2D eigenvalue weighted by Gasteiger charge is 2.24. The van der Waals surface area contributed by atoms with Crippen LogP contribution < -0.4 is 9.80 Å². The molecule has 0 radical (unpaired) electrons. The van der Waals surface area contributed by atoms with Gasteiger partial charge in [0.05, 0.1) is 33.1 Å². The second-order valence-corrected chi connectivity index (χ2v) is 21.9. The summed E-state index contributed by atoms with van der Waals surface area (Å²) in [5.41, 5.74) is 18.9. The molecular formula is C71H49N5O2. The minimum absolute atomic E-state index is 0.419. The molecule has 7 nitrogen and oxygen atoms in total. The van der Waals surface area contributed by atoms with Crippen LogP contribution in [0.3, 0.4) is 0 Å². The van der Waals surface area contributed by atoms with Crippen molar-refractivity contribution in [2.75, 3.05) is 9.80 Å². The Bertz CT molecular complexity index is 4960. The number of hydrogen-bond donors (Lipinski definition) is 0. The van der Waals surface area contributed by atoms with E-state index in [1.165, 1.54) is 87.3 Å². The molecule has 0 aliphatic heterocycles. The SMILES string of the molecule is CC(C)c1ccc(N(c2ccc3c(c2)oc2nc4oc5cc(N(c6ccc(C(C)C)cc6)c6ccc7c(c6)c6cccc8c9ccccc9n7c86)ccc5c4cc23)c2ccc3c(c2)c2cccc4c5ccccc5n3c42)cc1. The highest BCUT2D eigenvalue weighted by atomic mass is 16.4. The quantitative estimate of drug-likeness (QED) is 0.152. The summed E-state index contributed by atoms with van der Waals surface area (Å²) in [4.78, 5) is 9.80. The van der Waals surface area contributed by atoms with Gasteiger partial charge in [-0.1, -0.05) is 125 Å². The van der Waals surface area contributed by atoms with Crippen molar-refractivity contribution in [3.8, 4) is 0 Å². The molecule has 17 aromatic rings. The number of rotatable bonds is 8. The van der Waals surface area contributed by atoms with Gasteiger partial charge in [-0.3, -0.25) is 0 Å². The van der Waals surface area contributed by atoms with E-state index in [1.54, 1.807) is 0 Å².